The summed E-state index contributed by atoms with van der Waals surface area (Å²) in [4.78, 5) is 13.7. The summed E-state index contributed by atoms with van der Waals surface area (Å²) in [6.07, 6.45) is 7.59. The molecule has 3 aromatic rings. The average Bonchev–Trinajstić information content (AvgIpc) is 3.18. The Morgan fingerprint density at radius 2 is 1.50 bits per heavy atom. The highest BCUT2D eigenvalue weighted by Gasteiger charge is 2.17. The Balaban J connectivity index is 1.28. The fraction of sp³-hybridized carbons (Fsp3) is 0.333. The van der Waals surface area contributed by atoms with Gasteiger partial charge in [-0.1, -0.05) is 30.3 Å². The Kier molecular flexibility index (Phi) is 5.38. The van der Waals surface area contributed by atoms with E-state index in [4.69, 9.17) is 0 Å². The zero-order valence-electron chi connectivity index (χ0n) is 15.0. The minimum atomic E-state index is 0.969. The van der Waals surface area contributed by atoms with Crippen LogP contribution in [0.4, 0.5) is 0 Å². The van der Waals surface area contributed by atoms with E-state index < -0.39 is 0 Å². The summed E-state index contributed by atoms with van der Waals surface area (Å²) >= 11 is 0. The first-order chi connectivity index (χ1) is 12.9. The van der Waals surface area contributed by atoms with Gasteiger partial charge in [0.15, 0.2) is 0 Å². The SMILES string of the molecule is c1ccc(CN2CCN(CCn3ccnc3-c3ccncc3)CC2)cc1. The Labute approximate surface area is 154 Å². The molecule has 1 aliphatic rings. The number of aromatic nitrogens is 3. The molecule has 5 nitrogen and oxygen atoms in total. The summed E-state index contributed by atoms with van der Waals surface area (Å²) in [6.45, 7) is 7.62. The zero-order valence-corrected chi connectivity index (χ0v) is 15.0. The quantitative estimate of drug-likeness (QED) is 0.687. The second kappa shape index (κ2) is 8.25. The van der Waals surface area contributed by atoms with Crippen LogP contribution in [0.1, 0.15) is 5.56 Å². The van der Waals surface area contributed by atoms with Crippen LogP contribution in [-0.4, -0.2) is 57.1 Å². The zero-order chi connectivity index (χ0) is 17.6. The topological polar surface area (TPSA) is 37.2 Å². The van der Waals surface area contributed by atoms with Gasteiger partial charge in [-0.05, 0) is 17.7 Å². The van der Waals surface area contributed by atoms with Gasteiger partial charge in [0, 0.05) is 76.2 Å². The van der Waals surface area contributed by atoms with Gasteiger partial charge in [-0.25, -0.2) is 4.98 Å². The Morgan fingerprint density at radius 3 is 2.27 bits per heavy atom. The molecule has 0 aliphatic carbocycles. The number of hydrogen-bond donors (Lipinski definition) is 0. The molecule has 2 aromatic heterocycles. The number of hydrogen-bond acceptors (Lipinski definition) is 4. The van der Waals surface area contributed by atoms with E-state index in [2.05, 4.69) is 60.9 Å². The summed E-state index contributed by atoms with van der Waals surface area (Å²) in [5, 5.41) is 0. The van der Waals surface area contributed by atoms with Crippen molar-refractivity contribution in [3.8, 4) is 11.4 Å². The van der Waals surface area contributed by atoms with Crippen LogP contribution in [0.25, 0.3) is 11.4 Å². The minimum Gasteiger partial charge on any atom is -0.330 e. The van der Waals surface area contributed by atoms with E-state index in [1.807, 2.05) is 30.7 Å². The van der Waals surface area contributed by atoms with Gasteiger partial charge < -0.3 is 4.57 Å². The lowest BCUT2D eigenvalue weighted by molar-refractivity contribution is 0.124. The lowest BCUT2D eigenvalue weighted by atomic mass is 10.2. The first kappa shape index (κ1) is 16.9. The predicted molar refractivity (Wildman–Crippen MR) is 104 cm³/mol. The van der Waals surface area contributed by atoms with Crippen LogP contribution in [0.2, 0.25) is 0 Å². The summed E-state index contributed by atoms with van der Waals surface area (Å²) in [5.74, 6) is 1.02. The van der Waals surface area contributed by atoms with E-state index in [1.165, 1.54) is 5.56 Å². The minimum absolute atomic E-state index is 0.969. The van der Waals surface area contributed by atoms with Gasteiger partial charge in [0.2, 0.25) is 0 Å². The number of imidazole rings is 1. The van der Waals surface area contributed by atoms with Gasteiger partial charge in [-0.15, -0.1) is 0 Å². The molecule has 3 heterocycles. The third-order valence-corrected chi connectivity index (χ3v) is 5.03. The molecule has 134 valence electrons. The number of benzene rings is 1. The maximum Gasteiger partial charge on any atom is 0.140 e. The van der Waals surface area contributed by atoms with Crippen LogP contribution in [0.15, 0.2) is 67.3 Å². The molecular formula is C21H25N5. The lowest BCUT2D eigenvalue weighted by Gasteiger charge is -2.34. The lowest BCUT2D eigenvalue weighted by Crippen LogP contribution is -2.46. The smallest absolute Gasteiger partial charge is 0.140 e. The second-order valence-electron chi connectivity index (χ2n) is 6.78. The van der Waals surface area contributed by atoms with Crippen molar-refractivity contribution in [2.75, 3.05) is 32.7 Å². The molecule has 4 rings (SSSR count). The number of pyridine rings is 1. The summed E-state index contributed by atoms with van der Waals surface area (Å²) in [5.41, 5.74) is 2.53. The van der Waals surface area contributed by atoms with Crippen molar-refractivity contribution >= 4 is 0 Å². The monoisotopic (exact) mass is 347 g/mol. The van der Waals surface area contributed by atoms with Gasteiger partial charge >= 0.3 is 0 Å². The molecule has 0 atom stereocenters. The van der Waals surface area contributed by atoms with Crippen LogP contribution in [0.5, 0.6) is 0 Å². The average molecular weight is 347 g/mol. The molecule has 1 aromatic carbocycles. The first-order valence-electron chi connectivity index (χ1n) is 9.29. The van der Waals surface area contributed by atoms with Crippen LogP contribution < -0.4 is 0 Å². The van der Waals surface area contributed by atoms with Crippen molar-refractivity contribution in [2.24, 2.45) is 0 Å². The standard InChI is InChI=1S/C21H25N5/c1-2-4-19(5-3-1)18-25-14-12-24(13-15-25)16-17-26-11-10-23-21(26)20-6-8-22-9-7-20/h1-11H,12-18H2. The molecule has 0 amide bonds. The Hall–Kier alpha value is -2.50. The molecule has 0 saturated carbocycles. The molecular weight excluding hydrogens is 322 g/mol. The first-order valence-corrected chi connectivity index (χ1v) is 9.29. The van der Waals surface area contributed by atoms with E-state index in [9.17, 15) is 0 Å². The van der Waals surface area contributed by atoms with E-state index in [0.717, 1.165) is 57.2 Å². The molecule has 0 N–H and O–H groups in total. The van der Waals surface area contributed by atoms with Gasteiger partial charge in [0.1, 0.15) is 5.82 Å². The molecule has 1 saturated heterocycles. The van der Waals surface area contributed by atoms with E-state index >= 15 is 0 Å². The number of nitrogens with zero attached hydrogens (tertiary/aromatic N) is 5. The van der Waals surface area contributed by atoms with Gasteiger partial charge in [-0.2, -0.15) is 0 Å². The third kappa shape index (κ3) is 4.18. The van der Waals surface area contributed by atoms with Crippen molar-refractivity contribution < 1.29 is 0 Å². The van der Waals surface area contributed by atoms with Gasteiger partial charge in [-0.3, -0.25) is 14.8 Å². The highest BCUT2D eigenvalue weighted by molar-refractivity contribution is 5.54. The Morgan fingerprint density at radius 1 is 0.769 bits per heavy atom. The van der Waals surface area contributed by atoms with Crippen molar-refractivity contribution in [1.82, 2.24) is 24.3 Å². The fourth-order valence-corrected chi connectivity index (χ4v) is 3.51. The van der Waals surface area contributed by atoms with Gasteiger partial charge in [0.25, 0.3) is 0 Å². The largest absolute Gasteiger partial charge is 0.330 e. The van der Waals surface area contributed by atoms with E-state index in [-0.39, 0.29) is 0 Å². The highest BCUT2D eigenvalue weighted by atomic mass is 15.3. The molecule has 26 heavy (non-hydrogen) atoms. The van der Waals surface area contributed by atoms with E-state index in [1.54, 1.807) is 0 Å². The van der Waals surface area contributed by atoms with E-state index in [0.29, 0.717) is 0 Å². The summed E-state index contributed by atoms with van der Waals surface area (Å²) < 4.78 is 2.24. The molecule has 0 radical (unpaired) electrons. The molecule has 1 aliphatic heterocycles. The third-order valence-electron chi connectivity index (χ3n) is 5.03. The van der Waals surface area contributed by atoms with Crippen LogP contribution in [0, 0.1) is 0 Å². The van der Waals surface area contributed by atoms with Crippen molar-refractivity contribution in [1.29, 1.82) is 0 Å². The maximum atomic E-state index is 4.52. The molecule has 0 unspecified atom stereocenters. The highest BCUT2D eigenvalue weighted by Crippen LogP contribution is 2.16. The number of rotatable bonds is 6. The van der Waals surface area contributed by atoms with Gasteiger partial charge in [0.05, 0.1) is 0 Å². The molecule has 5 heteroatoms. The van der Waals surface area contributed by atoms with Crippen LogP contribution in [0.3, 0.4) is 0 Å². The summed E-state index contributed by atoms with van der Waals surface area (Å²) in [7, 11) is 0. The van der Waals surface area contributed by atoms with Crippen molar-refractivity contribution in [2.45, 2.75) is 13.1 Å². The molecule has 0 bridgehead atoms. The molecule has 1 fully saturated rings. The maximum absolute atomic E-state index is 4.52. The number of piperazine rings is 1. The molecule has 0 spiro atoms. The Bertz CT molecular complexity index is 792. The summed E-state index contributed by atoms with van der Waals surface area (Å²) in [6, 6.07) is 14.8. The predicted octanol–water partition coefficient (Wildman–Crippen LogP) is 2.76. The van der Waals surface area contributed by atoms with Crippen LogP contribution >= 0.6 is 0 Å². The van der Waals surface area contributed by atoms with Crippen molar-refractivity contribution in [3.63, 3.8) is 0 Å². The van der Waals surface area contributed by atoms with Crippen molar-refractivity contribution in [3.05, 3.63) is 72.8 Å². The fourth-order valence-electron chi connectivity index (χ4n) is 3.51. The van der Waals surface area contributed by atoms with Crippen LogP contribution in [-0.2, 0) is 13.1 Å². The normalized spacial score (nSPS) is 16.0. The second-order valence-corrected chi connectivity index (χ2v) is 6.78.